The number of rotatable bonds is 4. The van der Waals surface area contributed by atoms with Gasteiger partial charge in [0.15, 0.2) is 0 Å². The van der Waals surface area contributed by atoms with Crippen LogP contribution in [0.1, 0.15) is 30.6 Å². The molecular weight excluding hydrogens is 288 g/mol. The zero-order valence-corrected chi connectivity index (χ0v) is 13.7. The molecule has 0 saturated carbocycles. The first-order chi connectivity index (χ1) is 10.1. The number of carbonyl (C=O) groups excluding carboxylic acids is 1. The van der Waals surface area contributed by atoms with Crippen molar-refractivity contribution >= 4 is 23.3 Å². The fourth-order valence-electron chi connectivity index (χ4n) is 2.61. The second-order valence-electron chi connectivity index (χ2n) is 5.38. The van der Waals surface area contributed by atoms with Crippen molar-refractivity contribution in [3.63, 3.8) is 0 Å². The Morgan fingerprint density at radius 2 is 2.24 bits per heavy atom. The van der Waals surface area contributed by atoms with Crippen LogP contribution in [0, 0.1) is 0 Å². The van der Waals surface area contributed by atoms with E-state index in [2.05, 4.69) is 29.2 Å². The van der Waals surface area contributed by atoms with Gasteiger partial charge in [-0.2, -0.15) is 0 Å². The highest BCUT2D eigenvalue weighted by Crippen LogP contribution is 2.21. The number of carbonyl (C=O) groups is 1. The molecule has 1 aliphatic rings. The zero-order chi connectivity index (χ0) is 15.4. The minimum Gasteiger partial charge on any atom is -0.369 e. The second kappa shape index (κ2) is 7.09. The summed E-state index contributed by atoms with van der Waals surface area (Å²) in [5.74, 6) is 0.638. The first-order valence-corrected chi connectivity index (χ1v) is 7.83. The molecule has 0 aromatic carbocycles. The topological polar surface area (TPSA) is 48.5 Å². The van der Waals surface area contributed by atoms with Gasteiger partial charge in [-0.25, -0.2) is 4.98 Å². The lowest BCUT2D eigenvalue weighted by Crippen LogP contribution is -2.53. The third-order valence-corrected chi connectivity index (χ3v) is 4.26. The molecule has 0 spiro atoms. The van der Waals surface area contributed by atoms with Crippen molar-refractivity contribution in [3.05, 3.63) is 22.8 Å². The lowest BCUT2D eigenvalue weighted by atomic mass is 10.1. The van der Waals surface area contributed by atoms with Gasteiger partial charge in [0.25, 0.3) is 5.91 Å². The van der Waals surface area contributed by atoms with Gasteiger partial charge in [0.2, 0.25) is 0 Å². The van der Waals surface area contributed by atoms with E-state index >= 15 is 0 Å². The van der Waals surface area contributed by atoms with Crippen LogP contribution in [0.25, 0.3) is 0 Å². The molecule has 2 rings (SSSR count). The smallest absolute Gasteiger partial charge is 0.255 e. The van der Waals surface area contributed by atoms with E-state index in [9.17, 15) is 4.79 Å². The number of hydrogen-bond acceptors (Lipinski definition) is 4. The van der Waals surface area contributed by atoms with Gasteiger partial charge in [0.1, 0.15) is 5.82 Å². The van der Waals surface area contributed by atoms with Gasteiger partial charge in [0, 0.05) is 38.4 Å². The van der Waals surface area contributed by atoms with Crippen LogP contribution in [-0.4, -0.2) is 60.0 Å². The Morgan fingerprint density at radius 3 is 2.86 bits per heavy atom. The maximum Gasteiger partial charge on any atom is 0.255 e. The van der Waals surface area contributed by atoms with Crippen LogP contribution in [-0.2, 0) is 0 Å². The summed E-state index contributed by atoms with van der Waals surface area (Å²) in [6.07, 6.45) is 2.64. The summed E-state index contributed by atoms with van der Waals surface area (Å²) in [5.41, 5.74) is 0.557. The first kappa shape index (κ1) is 16.0. The molecule has 116 valence electrons. The third-order valence-electron chi connectivity index (χ3n) is 3.97. The van der Waals surface area contributed by atoms with Crippen LogP contribution < -0.4 is 5.32 Å². The number of hydrogen-bond donors (Lipinski definition) is 1. The molecule has 1 amide bonds. The predicted molar refractivity (Wildman–Crippen MR) is 86.0 cm³/mol. The Kier molecular flexibility index (Phi) is 5.42. The Balaban J connectivity index is 2.11. The summed E-state index contributed by atoms with van der Waals surface area (Å²) in [6.45, 7) is 7.29. The molecule has 1 unspecified atom stereocenters. The van der Waals surface area contributed by atoms with Gasteiger partial charge in [0.05, 0.1) is 10.6 Å². The predicted octanol–water partition coefficient (Wildman–Crippen LogP) is 2.33. The Hall–Kier alpha value is -1.33. The van der Waals surface area contributed by atoms with E-state index in [1.165, 1.54) is 0 Å². The van der Waals surface area contributed by atoms with Gasteiger partial charge in [-0.15, -0.1) is 0 Å². The molecule has 1 aromatic heterocycles. The number of likely N-dealkylation sites (N-methyl/N-ethyl adjacent to an activating group) is 1. The van der Waals surface area contributed by atoms with Gasteiger partial charge >= 0.3 is 0 Å². The molecule has 0 radical (unpaired) electrons. The number of piperazine rings is 1. The van der Waals surface area contributed by atoms with E-state index in [0.717, 1.165) is 32.6 Å². The highest BCUT2D eigenvalue weighted by atomic mass is 35.5. The minimum absolute atomic E-state index is 0.0130. The highest BCUT2D eigenvalue weighted by Gasteiger charge is 2.27. The lowest BCUT2D eigenvalue weighted by molar-refractivity contribution is 0.0541. The monoisotopic (exact) mass is 310 g/mol. The minimum atomic E-state index is 0.0130. The van der Waals surface area contributed by atoms with E-state index in [1.54, 1.807) is 12.3 Å². The highest BCUT2D eigenvalue weighted by molar-refractivity contribution is 6.33. The van der Waals surface area contributed by atoms with Crippen LogP contribution in [0.15, 0.2) is 12.3 Å². The number of aromatic nitrogens is 1. The van der Waals surface area contributed by atoms with Crippen molar-refractivity contribution in [2.75, 3.05) is 38.5 Å². The van der Waals surface area contributed by atoms with E-state index in [1.807, 2.05) is 11.8 Å². The average molecular weight is 311 g/mol. The van der Waals surface area contributed by atoms with Crippen LogP contribution in [0.3, 0.4) is 0 Å². The molecule has 1 aliphatic heterocycles. The molecule has 1 saturated heterocycles. The summed E-state index contributed by atoms with van der Waals surface area (Å²) in [4.78, 5) is 21.0. The fourth-order valence-corrected chi connectivity index (χ4v) is 2.84. The number of nitrogens with zero attached hydrogens (tertiary/aromatic N) is 3. The van der Waals surface area contributed by atoms with Crippen LogP contribution in [0.4, 0.5) is 5.82 Å². The second-order valence-corrected chi connectivity index (χ2v) is 5.79. The molecule has 1 aromatic rings. The largest absolute Gasteiger partial charge is 0.369 e. The van der Waals surface area contributed by atoms with E-state index in [-0.39, 0.29) is 5.91 Å². The molecule has 2 heterocycles. The standard InChI is InChI=1S/C15H23ClN4O/c1-4-12-10-20(7-6-19(12)3)15(21)11-8-13(16)14(17-5-2)18-9-11/h8-9,12H,4-7,10H2,1-3H3,(H,17,18). The molecule has 1 N–H and O–H groups in total. The van der Waals surface area contributed by atoms with Gasteiger partial charge in [-0.3, -0.25) is 9.69 Å². The number of pyridine rings is 1. The summed E-state index contributed by atoms with van der Waals surface area (Å²) < 4.78 is 0. The molecule has 21 heavy (non-hydrogen) atoms. The van der Waals surface area contributed by atoms with Crippen molar-refractivity contribution in [2.24, 2.45) is 0 Å². The third kappa shape index (κ3) is 3.66. The molecule has 0 bridgehead atoms. The maximum atomic E-state index is 12.6. The molecule has 1 fully saturated rings. The van der Waals surface area contributed by atoms with E-state index in [0.29, 0.717) is 22.4 Å². The zero-order valence-electron chi connectivity index (χ0n) is 12.9. The van der Waals surface area contributed by atoms with Crippen molar-refractivity contribution in [2.45, 2.75) is 26.3 Å². The first-order valence-electron chi connectivity index (χ1n) is 7.45. The Labute approximate surface area is 131 Å². The van der Waals surface area contributed by atoms with Crippen LogP contribution in [0.2, 0.25) is 5.02 Å². The number of amides is 1. The van der Waals surface area contributed by atoms with E-state index < -0.39 is 0 Å². The van der Waals surface area contributed by atoms with Gasteiger partial charge in [-0.05, 0) is 26.5 Å². The quantitative estimate of drug-likeness (QED) is 0.927. The number of halogens is 1. The summed E-state index contributed by atoms with van der Waals surface area (Å²) in [7, 11) is 2.11. The van der Waals surface area contributed by atoms with Crippen molar-refractivity contribution in [1.82, 2.24) is 14.8 Å². The molecule has 1 atom stereocenters. The number of nitrogens with one attached hydrogen (secondary N) is 1. The Bertz CT molecular complexity index is 508. The summed E-state index contributed by atoms with van der Waals surface area (Å²) in [5, 5.41) is 3.56. The number of anilines is 1. The molecule has 6 heteroatoms. The Morgan fingerprint density at radius 1 is 1.48 bits per heavy atom. The SMILES string of the molecule is CCNc1ncc(C(=O)N2CCN(C)C(CC)C2)cc1Cl. The lowest BCUT2D eigenvalue weighted by Gasteiger charge is -2.39. The normalized spacial score (nSPS) is 19.6. The average Bonchev–Trinajstić information content (AvgIpc) is 2.49. The van der Waals surface area contributed by atoms with Gasteiger partial charge in [-0.1, -0.05) is 18.5 Å². The summed E-state index contributed by atoms with van der Waals surface area (Å²) in [6, 6.07) is 2.13. The fraction of sp³-hybridized carbons (Fsp3) is 0.600. The maximum absolute atomic E-state index is 12.6. The molecular formula is C15H23ClN4O. The summed E-state index contributed by atoms with van der Waals surface area (Å²) >= 11 is 6.17. The van der Waals surface area contributed by atoms with Crippen LogP contribution >= 0.6 is 11.6 Å². The van der Waals surface area contributed by atoms with E-state index in [4.69, 9.17) is 11.6 Å². The van der Waals surface area contributed by atoms with Crippen molar-refractivity contribution < 1.29 is 4.79 Å². The van der Waals surface area contributed by atoms with Gasteiger partial charge < -0.3 is 10.2 Å². The molecule has 5 nitrogen and oxygen atoms in total. The molecule has 0 aliphatic carbocycles. The van der Waals surface area contributed by atoms with Crippen molar-refractivity contribution in [1.29, 1.82) is 0 Å². The van der Waals surface area contributed by atoms with Crippen molar-refractivity contribution in [3.8, 4) is 0 Å². The van der Waals surface area contributed by atoms with Crippen LogP contribution in [0.5, 0.6) is 0 Å².